The number of anilines is 2. The van der Waals surface area contributed by atoms with Gasteiger partial charge in [0.2, 0.25) is 10.0 Å². The third-order valence-electron chi connectivity index (χ3n) is 8.85. The van der Waals surface area contributed by atoms with E-state index in [0.29, 0.717) is 50.0 Å². The molecule has 1 amide bonds. The van der Waals surface area contributed by atoms with Crippen molar-refractivity contribution < 1.29 is 17.9 Å². The van der Waals surface area contributed by atoms with Crippen molar-refractivity contribution in [3.63, 3.8) is 0 Å². The van der Waals surface area contributed by atoms with Crippen molar-refractivity contribution in [2.75, 3.05) is 35.9 Å². The van der Waals surface area contributed by atoms with E-state index < -0.39 is 14.8 Å². The van der Waals surface area contributed by atoms with E-state index in [1.54, 1.807) is 0 Å². The van der Waals surface area contributed by atoms with Gasteiger partial charge in [0.25, 0.3) is 5.91 Å². The van der Waals surface area contributed by atoms with E-state index in [1.807, 2.05) is 54.3 Å². The van der Waals surface area contributed by atoms with E-state index >= 15 is 0 Å². The maximum atomic E-state index is 13.2. The number of amides is 1. The molecule has 2 saturated carbocycles. The average molecular weight is 525 g/mol. The molecule has 8 nitrogen and oxygen atoms in total. The van der Waals surface area contributed by atoms with Crippen molar-refractivity contribution in [3.05, 3.63) is 59.2 Å². The van der Waals surface area contributed by atoms with E-state index in [2.05, 4.69) is 9.62 Å². The van der Waals surface area contributed by atoms with Crippen LogP contribution in [0.4, 0.5) is 11.4 Å². The predicted molar refractivity (Wildman–Crippen MR) is 144 cm³/mol. The quantitative estimate of drug-likeness (QED) is 0.568. The number of fused-ring (bicyclic) bond motifs is 1. The van der Waals surface area contributed by atoms with Gasteiger partial charge in [-0.05, 0) is 73.9 Å². The Morgan fingerprint density at radius 1 is 1.11 bits per heavy atom. The number of carbonyl (C=O) groups is 1. The molecule has 198 valence electrons. The molecule has 1 saturated heterocycles. The summed E-state index contributed by atoms with van der Waals surface area (Å²) in [6, 6.07) is 13.7. The SMILES string of the molecule is CCC1(S(=O)(=O)Nc2ccc(C3C(N)c4ccc(C(=O)N5CCOCC5)cc4N3C3CCC3)cc2)CC1. The molecule has 0 bridgehead atoms. The third kappa shape index (κ3) is 4.21. The Labute approximate surface area is 219 Å². The minimum Gasteiger partial charge on any atom is -0.378 e. The number of hydrogen-bond acceptors (Lipinski definition) is 6. The topological polar surface area (TPSA) is 105 Å². The van der Waals surface area contributed by atoms with Gasteiger partial charge in [0.05, 0.1) is 30.0 Å². The Balaban J connectivity index is 1.28. The maximum absolute atomic E-state index is 13.2. The molecule has 4 aliphatic rings. The highest BCUT2D eigenvalue weighted by Gasteiger charge is 2.53. The molecule has 0 aromatic heterocycles. The Bertz CT molecular complexity index is 1280. The summed E-state index contributed by atoms with van der Waals surface area (Å²) in [5.74, 6) is 0.0360. The molecule has 0 spiro atoms. The number of sulfonamides is 1. The molecule has 2 unspecified atom stereocenters. The number of ether oxygens (including phenoxy) is 1. The predicted octanol–water partition coefficient (Wildman–Crippen LogP) is 3.96. The number of morpholine rings is 1. The second-order valence-corrected chi connectivity index (χ2v) is 13.0. The van der Waals surface area contributed by atoms with Crippen LogP contribution in [0.15, 0.2) is 42.5 Å². The van der Waals surface area contributed by atoms with E-state index in [0.717, 1.165) is 42.5 Å². The van der Waals surface area contributed by atoms with Crippen LogP contribution < -0.4 is 15.4 Å². The van der Waals surface area contributed by atoms with Crippen LogP contribution in [0, 0.1) is 0 Å². The average Bonchev–Trinajstić information content (AvgIpc) is 3.65. The smallest absolute Gasteiger partial charge is 0.254 e. The molecule has 3 N–H and O–H groups in total. The number of hydrogen-bond donors (Lipinski definition) is 2. The summed E-state index contributed by atoms with van der Waals surface area (Å²) in [4.78, 5) is 17.5. The molecule has 2 aliphatic heterocycles. The fourth-order valence-electron chi connectivity index (χ4n) is 6.04. The Hall–Kier alpha value is -2.62. The van der Waals surface area contributed by atoms with Crippen molar-refractivity contribution in [2.24, 2.45) is 5.73 Å². The minimum atomic E-state index is -3.41. The normalized spacial score (nSPS) is 24.9. The largest absolute Gasteiger partial charge is 0.378 e. The highest BCUT2D eigenvalue weighted by atomic mass is 32.2. The lowest BCUT2D eigenvalue weighted by molar-refractivity contribution is 0.0303. The number of carbonyl (C=O) groups excluding carboxylic acids is 1. The van der Waals surface area contributed by atoms with Crippen LogP contribution in [-0.2, 0) is 14.8 Å². The molecule has 2 aromatic carbocycles. The summed E-state index contributed by atoms with van der Waals surface area (Å²) in [5.41, 5.74) is 11.3. The second kappa shape index (κ2) is 9.29. The van der Waals surface area contributed by atoms with Gasteiger partial charge in [-0.3, -0.25) is 9.52 Å². The third-order valence-corrected chi connectivity index (χ3v) is 11.2. The van der Waals surface area contributed by atoms with Gasteiger partial charge in [0, 0.05) is 36.1 Å². The molecule has 2 aromatic rings. The fourth-order valence-corrected chi connectivity index (χ4v) is 7.73. The molecule has 6 rings (SSSR count). The molecule has 37 heavy (non-hydrogen) atoms. The number of nitrogens with zero attached hydrogens (tertiary/aromatic N) is 2. The molecule has 3 fully saturated rings. The highest BCUT2D eigenvalue weighted by Crippen LogP contribution is 2.51. The fraction of sp³-hybridized carbons (Fsp3) is 0.536. The molecular weight excluding hydrogens is 488 g/mol. The molecule has 2 atom stereocenters. The van der Waals surface area contributed by atoms with Crippen LogP contribution in [0.2, 0.25) is 0 Å². The summed E-state index contributed by atoms with van der Waals surface area (Å²) in [7, 11) is -3.41. The number of benzene rings is 2. The first kappa shape index (κ1) is 24.7. The van der Waals surface area contributed by atoms with E-state index in [-0.39, 0.29) is 18.0 Å². The number of nitrogens with two attached hydrogens (primary N) is 1. The molecule has 2 aliphatic carbocycles. The van der Waals surface area contributed by atoms with Gasteiger partial charge < -0.3 is 20.3 Å². The molecule has 0 radical (unpaired) electrons. The van der Waals surface area contributed by atoms with Crippen molar-refractivity contribution in [1.29, 1.82) is 0 Å². The van der Waals surface area contributed by atoms with Crippen molar-refractivity contribution in [1.82, 2.24) is 4.90 Å². The van der Waals surface area contributed by atoms with Gasteiger partial charge in [-0.2, -0.15) is 0 Å². The first-order chi connectivity index (χ1) is 17.8. The van der Waals surface area contributed by atoms with Crippen LogP contribution >= 0.6 is 0 Å². The molecule has 9 heteroatoms. The van der Waals surface area contributed by atoms with Crippen LogP contribution in [0.1, 0.15) is 79.0 Å². The summed E-state index contributed by atoms with van der Waals surface area (Å²) in [6.45, 7) is 4.30. The number of rotatable bonds is 7. The monoisotopic (exact) mass is 524 g/mol. The van der Waals surface area contributed by atoms with Gasteiger partial charge in [0.15, 0.2) is 0 Å². The Morgan fingerprint density at radius 2 is 1.81 bits per heavy atom. The zero-order valence-corrected chi connectivity index (χ0v) is 22.2. The van der Waals surface area contributed by atoms with E-state index in [4.69, 9.17) is 10.5 Å². The first-order valence-corrected chi connectivity index (χ1v) is 15.0. The second-order valence-electron chi connectivity index (χ2n) is 10.9. The zero-order valence-electron chi connectivity index (χ0n) is 21.4. The van der Waals surface area contributed by atoms with Gasteiger partial charge >= 0.3 is 0 Å². The number of nitrogens with one attached hydrogen (secondary N) is 1. The lowest BCUT2D eigenvalue weighted by Gasteiger charge is -2.42. The standard InChI is InChI=1S/C28H36N4O4S/c1-2-28(12-13-28)37(34,35)30-21-9-6-19(7-10-21)26-25(29)23-11-8-20(27(33)31-14-16-36-17-15-31)18-24(23)32(26)22-4-3-5-22/h6-11,18,22,25-26,30H,2-5,12-17,29H2,1H3. The van der Waals surface area contributed by atoms with Crippen molar-refractivity contribution in [3.8, 4) is 0 Å². The summed E-state index contributed by atoms with van der Waals surface area (Å²) in [5, 5.41) is 0. The van der Waals surface area contributed by atoms with Crippen molar-refractivity contribution >= 4 is 27.3 Å². The van der Waals surface area contributed by atoms with Gasteiger partial charge in [-0.1, -0.05) is 25.1 Å². The van der Waals surface area contributed by atoms with Crippen molar-refractivity contribution in [2.45, 2.75) is 68.3 Å². The first-order valence-electron chi connectivity index (χ1n) is 13.5. The van der Waals surface area contributed by atoms with Crippen LogP contribution in [0.25, 0.3) is 0 Å². The lowest BCUT2D eigenvalue weighted by Crippen LogP contribution is -2.42. The summed E-state index contributed by atoms with van der Waals surface area (Å²) in [6.07, 6.45) is 5.45. The van der Waals surface area contributed by atoms with Crippen LogP contribution in [0.5, 0.6) is 0 Å². The maximum Gasteiger partial charge on any atom is 0.254 e. The minimum absolute atomic E-state index is 0.0360. The van der Waals surface area contributed by atoms with E-state index in [1.165, 1.54) is 6.42 Å². The zero-order chi connectivity index (χ0) is 25.8. The van der Waals surface area contributed by atoms with Gasteiger partial charge in [-0.25, -0.2) is 8.42 Å². The molecular formula is C28H36N4O4S. The lowest BCUT2D eigenvalue weighted by atomic mass is 9.89. The Morgan fingerprint density at radius 3 is 2.41 bits per heavy atom. The molecule has 2 heterocycles. The van der Waals surface area contributed by atoms with E-state index in [9.17, 15) is 13.2 Å². The summed E-state index contributed by atoms with van der Waals surface area (Å²) < 4.78 is 33.3. The Kier molecular flexibility index (Phi) is 6.20. The van der Waals surface area contributed by atoms with Crippen LogP contribution in [-0.4, -0.2) is 56.3 Å². The van der Waals surface area contributed by atoms with Crippen LogP contribution in [0.3, 0.4) is 0 Å². The van der Waals surface area contributed by atoms with Gasteiger partial charge in [0.1, 0.15) is 0 Å². The summed E-state index contributed by atoms with van der Waals surface area (Å²) >= 11 is 0. The van der Waals surface area contributed by atoms with Gasteiger partial charge in [-0.15, -0.1) is 0 Å². The highest BCUT2D eigenvalue weighted by molar-refractivity contribution is 7.94.